The van der Waals surface area contributed by atoms with E-state index in [4.69, 9.17) is 19.7 Å². The highest BCUT2D eigenvalue weighted by atomic mass is 16.5. The highest BCUT2D eigenvalue weighted by Gasteiger charge is 2.09. The van der Waals surface area contributed by atoms with Gasteiger partial charge in [-0.1, -0.05) is 19.3 Å². The van der Waals surface area contributed by atoms with Gasteiger partial charge in [0.05, 0.1) is 13.2 Å². The predicted molar refractivity (Wildman–Crippen MR) is 68.4 cm³/mol. The van der Waals surface area contributed by atoms with Crippen LogP contribution >= 0.6 is 0 Å². The van der Waals surface area contributed by atoms with Crippen molar-refractivity contribution in [3.8, 4) is 0 Å². The van der Waals surface area contributed by atoms with Crippen molar-refractivity contribution in [2.24, 2.45) is 0 Å². The largest absolute Gasteiger partial charge is 0.464 e. The molecule has 0 aromatic carbocycles. The number of hydrogen-bond donors (Lipinski definition) is 2. The molecular weight excluding hydrogens is 252 g/mol. The summed E-state index contributed by atoms with van der Waals surface area (Å²) >= 11 is 0. The molecule has 0 aromatic rings. The monoisotopic (exact) mass is 276 g/mol. The third-order valence-electron chi connectivity index (χ3n) is 2.46. The minimum atomic E-state index is -1.07. The van der Waals surface area contributed by atoms with Crippen LogP contribution in [0.1, 0.15) is 46.0 Å². The Balaban J connectivity index is 3.24. The van der Waals surface area contributed by atoms with Crippen molar-refractivity contribution < 1.29 is 29.3 Å². The van der Waals surface area contributed by atoms with Crippen molar-refractivity contribution in [2.45, 2.75) is 58.2 Å². The molecule has 0 aliphatic heterocycles. The van der Waals surface area contributed by atoms with Gasteiger partial charge in [0.2, 0.25) is 0 Å². The van der Waals surface area contributed by atoms with Crippen LogP contribution in [0.15, 0.2) is 0 Å². The second-order valence-electron chi connectivity index (χ2n) is 4.45. The molecule has 0 radical (unpaired) electrons. The van der Waals surface area contributed by atoms with Gasteiger partial charge >= 0.3 is 11.9 Å². The molecule has 0 aliphatic carbocycles. The Morgan fingerprint density at radius 3 is 1.42 bits per heavy atom. The summed E-state index contributed by atoms with van der Waals surface area (Å²) in [6, 6.07) is 0. The summed E-state index contributed by atoms with van der Waals surface area (Å²) in [5.74, 6) is -1.19. The predicted octanol–water partition coefficient (Wildman–Crippen LogP) is 0.785. The summed E-state index contributed by atoms with van der Waals surface area (Å²) in [4.78, 5) is 21.8. The first-order valence-electron chi connectivity index (χ1n) is 6.64. The van der Waals surface area contributed by atoms with Gasteiger partial charge in [0.1, 0.15) is 12.2 Å². The zero-order valence-corrected chi connectivity index (χ0v) is 11.6. The van der Waals surface area contributed by atoms with Crippen LogP contribution in [0.5, 0.6) is 0 Å². The number of ether oxygens (including phenoxy) is 2. The van der Waals surface area contributed by atoms with Gasteiger partial charge in [0, 0.05) is 0 Å². The fraction of sp³-hybridized carbons (Fsp3) is 0.846. The SMILES string of the molecule is CC(O)C(=O)OCCCCCCCOC(=O)C(C)O. The van der Waals surface area contributed by atoms with E-state index in [9.17, 15) is 9.59 Å². The van der Waals surface area contributed by atoms with E-state index in [-0.39, 0.29) is 0 Å². The first-order valence-corrected chi connectivity index (χ1v) is 6.64. The van der Waals surface area contributed by atoms with Gasteiger partial charge in [-0.3, -0.25) is 0 Å². The van der Waals surface area contributed by atoms with Crippen molar-refractivity contribution in [3.63, 3.8) is 0 Å². The number of carbonyl (C=O) groups excluding carboxylic acids is 2. The minimum Gasteiger partial charge on any atom is -0.464 e. The molecule has 0 saturated heterocycles. The van der Waals surface area contributed by atoms with Crippen molar-refractivity contribution in [2.75, 3.05) is 13.2 Å². The first-order chi connectivity index (χ1) is 8.95. The Morgan fingerprint density at radius 1 is 0.789 bits per heavy atom. The smallest absolute Gasteiger partial charge is 0.334 e. The zero-order valence-electron chi connectivity index (χ0n) is 11.6. The Kier molecular flexibility index (Phi) is 10.1. The Labute approximate surface area is 113 Å². The summed E-state index contributed by atoms with van der Waals surface area (Å²) in [6.07, 6.45) is 2.16. The lowest BCUT2D eigenvalue weighted by molar-refractivity contribution is -0.153. The second-order valence-corrected chi connectivity index (χ2v) is 4.45. The van der Waals surface area contributed by atoms with E-state index in [1.54, 1.807) is 0 Å². The van der Waals surface area contributed by atoms with E-state index in [0.717, 1.165) is 32.1 Å². The number of esters is 2. The maximum atomic E-state index is 10.9. The maximum absolute atomic E-state index is 10.9. The van der Waals surface area contributed by atoms with Gasteiger partial charge in [0.15, 0.2) is 0 Å². The third kappa shape index (κ3) is 10.5. The minimum absolute atomic E-state index is 0.320. The highest BCUT2D eigenvalue weighted by Crippen LogP contribution is 2.04. The maximum Gasteiger partial charge on any atom is 0.334 e. The molecule has 2 atom stereocenters. The summed E-state index contributed by atoms with van der Waals surface area (Å²) in [6.45, 7) is 3.38. The zero-order chi connectivity index (χ0) is 14.7. The fourth-order valence-electron chi connectivity index (χ4n) is 1.32. The molecule has 112 valence electrons. The van der Waals surface area contributed by atoms with Crippen LogP contribution in [0.3, 0.4) is 0 Å². The van der Waals surface area contributed by atoms with E-state index < -0.39 is 24.1 Å². The number of aliphatic hydroxyl groups is 2. The number of rotatable bonds is 10. The molecule has 0 bridgehead atoms. The van der Waals surface area contributed by atoms with Crippen LogP contribution in [0, 0.1) is 0 Å². The van der Waals surface area contributed by atoms with Crippen molar-refractivity contribution >= 4 is 11.9 Å². The lowest BCUT2D eigenvalue weighted by Gasteiger charge is -2.07. The summed E-state index contributed by atoms with van der Waals surface area (Å²) in [7, 11) is 0. The molecule has 0 fully saturated rings. The van der Waals surface area contributed by atoms with Crippen molar-refractivity contribution in [1.82, 2.24) is 0 Å². The molecule has 0 aromatic heterocycles. The first kappa shape index (κ1) is 17.9. The number of carbonyl (C=O) groups is 2. The van der Waals surface area contributed by atoms with Gasteiger partial charge in [-0.15, -0.1) is 0 Å². The molecule has 2 N–H and O–H groups in total. The van der Waals surface area contributed by atoms with E-state index in [0.29, 0.717) is 13.2 Å². The average Bonchev–Trinajstić information content (AvgIpc) is 2.35. The molecule has 6 heteroatoms. The quantitative estimate of drug-likeness (QED) is 0.452. The van der Waals surface area contributed by atoms with E-state index in [2.05, 4.69) is 0 Å². The normalized spacial score (nSPS) is 13.7. The van der Waals surface area contributed by atoms with E-state index in [1.165, 1.54) is 13.8 Å². The lowest BCUT2D eigenvalue weighted by Crippen LogP contribution is -2.19. The van der Waals surface area contributed by atoms with Crippen LogP contribution in [0.4, 0.5) is 0 Å². The van der Waals surface area contributed by atoms with Crippen molar-refractivity contribution in [3.05, 3.63) is 0 Å². The van der Waals surface area contributed by atoms with Gasteiger partial charge in [-0.05, 0) is 26.7 Å². The van der Waals surface area contributed by atoms with Crippen LogP contribution in [-0.4, -0.2) is 47.6 Å². The molecule has 6 nitrogen and oxygen atoms in total. The summed E-state index contributed by atoms with van der Waals surface area (Å²) < 4.78 is 9.61. The number of unbranched alkanes of at least 4 members (excludes halogenated alkanes) is 4. The second kappa shape index (κ2) is 10.8. The van der Waals surface area contributed by atoms with Crippen molar-refractivity contribution in [1.29, 1.82) is 0 Å². The van der Waals surface area contributed by atoms with Gasteiger partial charge in [0.25, 0.3) is 0 Å². The van der Waals surface area contributed by atoms with Crippen LogP contribution in [0.2, 0.25) is 0 Å². The molecule has 19 heavy (non-hydrogen) atoms. The Bertz CT molecular complexity index is 236. The topological polar surface area (TPSA) is 93.1 Å². The fourth-order valence-corrected chi connectivity index (χ4v) is 1.32. The molecule has 0 rings (SSSR count). The molecule has 2 unspecified atom stereocenters. The average molecular weight is 276 g/mol. The molecule has 0 heterocycles. The van der Waals surface area contributed by atoms with E-state index in [1.807, 2.05) is 0 Å². The molecule has 0 spiro atoms. The molecule has 0 saturated carbocycles. The number of hydrogen-bond acceptors (Lipinski definition) is 6. The molecule has 0 amide bonds. The van der Waals surface area contributed by atoms with E-state index >= 15 is 0 Å². The summed E-state index contributed by atoms with van der Waals surface area (Å²) in [5, 5.41) is 17.7. The van der Waals surface area contributed by atoms with Crippen LogP contribution < -0.4 is 0 Å². The Morgan fingerprint density at radius 2 is 1.11 bits per heavy atom. The third-order valence-corrected chi connectivity index (χ3v) is 2.46. The number of aliphatic hydroxyl groups excluding tert-OH is 2. The summed E-state index contributed by atoms with van der Waals surface area (Å²) in [5.41, 5.74) is 0. The standard InChI is InChI=1S/C13H24O6/c1-10(14)12(16)18-8-6-4-3-5-7-9-19-13(17)11(2)15/h10-11,14-15H,3-9H2,1-2H3. The Hall–Kier alpha value is -1.14. The highest BCUT2D eigenvalue weighted by molar-refractivity contribution is 5.74. The van der Waals surface area contributed by atoms with Crippen LogP contribution in [-0.2, 0) is 19.1 Å². The van der Waals surface area contributed by atoms with Gasteiger partial charge < -0.3 is 19.7 Å². The van der Waals surface area contributed by atoms with Gasteiger partial charge in [-0.2, -0.15) is 0 Å². The molecule has 0 aliphatic rings. The van der Waals surface area contributed by atoms with Crippen LogP contribution in [0.25, 0.3) is 0 Å². The lowest BCUT2D eigenvalue weighted by atomic mass is 10.1. The molecular formula is C13H24O6. The van der Waals surface area contributed by atoms with Gasteiger partial charge in [-0.25, -0.2) is 9.59 Å².